The van der Waals surface area contributed by atoms with E-state index >= 15 is 0 Å². The number of nitrogens with one attached hydrogen (secondary N) is 1. The molecule has 0 spiro atoms. The van der Waals surface area contributed by atoms with Gasteiger partial charge in [-0.3, -0.25) is 9.78 Å². The van der Waals surface area contributed by atoms with Gasteiger partial charge in [-0.25, -0.2) is 8.42 Å². The first kappa shape index (κ1) is 21.0. The number of rotatable bonds is 6. The second kappa shape index (κ2) is 8.47. The number of amides is 1. The summed E-state index contributed by atoms with van der Waals surface area (Å²) in [6.45, 7) is 0.441. The fourth-order valence-corrected chi connectivity index (χ4v) is 5.90. The van der Waals surface area contributed by atoms with Gasteiger partial charge in [0.2, 0.25) is 5.91 Å². The Balaban J connectivity index is 1.46. The maximum Gasteiger partial charge on any atom is 0.250 e. The van der Waals surface area contributed by atoms with Crippen LogP contribution in [0, 0.1) is 11.3 Å². The normalized spacial score (nSPS) is 16.4. The molecule has 0 radical (unpaired) electrons. The van der Waals surface area contributed by atoms with E-state index in [0.29, 0.717) is 24.1 Å². The minimum Gasteiger partial charge on any atom is -0.508 e. The van der Waals surface area contributed by atoms with Gasteiger partial charge in [-0.05, 0) is 42.8 Å². The Morgan fingerprint density at radius 2 is 2.13 bits per heavy atom. The Morgan fingerprint density at radius 3 is 2.87 bits per heavy atom. The van der Waals surface area contributed by atoms with E-state index in [2.05, 4.69) is 9.71 Å². The summed E-state index contributed by atoms with van der Waals surface area (Å²) in [7, 11) is -3.87. The van der Waals surface area contributed by atoms with Crippen LogP contribution in [0.1, 0.15) is 17.5 Å². The van der Waals surface area contributed by atoms with Crippen LogP contribution in [-0.2, 0) is 21.4 Å². The van der Waals surface area contributed by atoms with Crippen LogP contribution < -0.4 is 4.72 Å². The van der Waals surface area contributed by atoms with Gasteiger partial charge in [0.25, 0.3) is 10.0 Å². The van der Waals surface area contributed by atoms with Crippen molar-refractivity contribution < 1.29 is 18.3 Å². The van der Waals surface area contributed by atoms with Crippen molar-refractivity contribution in [3.05, 3.63) is 66.0 Å². The summed E-state index contributed by atoms with van der Waals surface area (Å²) in [5, 5.41) is 19.0. The minimum absolute atomic E-state index is 0.0163. The summed E-state index contributed by atoms with van der Waals surface area (Å²) in [6, 6.07) is 12.4. The number of nitriles is 1. The third-order valence-corrected chi connectivity index (χ3v) is 8.05. The van der Waals surface area contributed by atoms with Crippen LogP contribution in [0.3, 0.4) is 0 Å². The summed E-state index contributed by atoms with van der Waals surface area (Å²) in [5.41, 5.74) is 1.63. The summed E-state index contributed by atoms with van der Waals surface area (Å²) in [5.74, 6) is -0.383. The first-order valence-corrected chi connectivity index (χ1v) is 11.7. The van der Waals surface area contributed by atoms with Gasteiger partial charge >= 0.3 is 0 Å². The molecule has 158 valence electrons. The van der Waals surface area contributed by atoms with Crippen molar-refractivity contribution in [2.75, 3.05) is 6.54 Å². The number of phenolic OH excluding ortho intramolecular Hbond substituents is 1. The molecule has 1 amide bonds. The highest BCUT2D eigenvalue weighted by molar-refractivity contribution is 7.91. The predicted molar refractivity (Wildman–Crippen MR) is 115 cm³/mol. The number of phenols is 1. The van der Waals surface area contributed by atoms with Crippen LogP contribution in [0.15, 0.2) is 59.1 Å². The van der Waals surface area contributed by atoms with E-state index in [-0.39, 0.29) is 22.4 Å². The van der Waals surface area contributed by atoms with Crippen molar-refractivity contribution in [2.45, 2.75) is 23.2 Å². The number of likely N-dealkylation sites (tertiary alicyclic amines) is 1. The van der Waals surface area contributed by atoms with Gasteiger partial charge in [0.05, 0.1) is 11.6 Å². The third kappa shape index (κ3) is 4.44. The molecule has 1 aliphatic heterocycles. The average Bonchev–Trinajstić information content (AvgIpc) is 3.39. The van der Waals surface area contributed by atoms with Crippen molar-refractivity contribution in [3.63, 3.8) is 0 Å². The molecule has 2 aromatic heterocycles. The molecule has 3 heterocycles. The second-order valence-corrected chi connectivity index (χ2v) is 10.1. The molecule has 0 aliphatic carbocycles. The van der Waals surface area contributed by atoms with Gasteiger partial charge < -0.3 is 10.0 Å². The summed E-state index contributed by atoms with van der Waals surface area (Å²) in [4.78, 5) is 19.0. The maximum absolute atomic E-state index is 12.8. The Bertz CT molecular complexity index is 1270. The number of aromatic nitrogens is 1. The Kier molecular flexibility index (Phi) is 5.73. The molecule has 2 N–H and O–H groups in total. The van der Waals surface area contributed by atoms with Gasteiger partial charge in [-0.2, -0.15) is 9.98 Å². The van der Waals surface area contributed by atoms with Crippen molar-refractivity contribution in [1.29, 1.82) is 5.26 Å². The highest BCUT2D eigenvalue weighted by atomic mass is 32.2. The standard InChI is InChI=1S/C21H18N4O4S2/c22-11-14-3-4-18(26)16(10-14)13-25-9-7-17(21(25)27)24-31(28,29)20-6-5-19(30-20)15-2-1-8-23-12-15/h1-6,8,10,12,17,24,26H,7,9,13H2/t17-/m0/s1. The molecular formula is C21H18N4O4S2. The molecule has 31 heavy (non-hydrogen) atoms. The smallest absolute Gasteiger partial charge is 0.250 e. The molecule has 0 bridgehead atoms. The van der Waals surface area contributed by atoms with Crippen LogP contribution >= 0.6 is 11.3 Å². The topological polar surface area (TPSA) is 123 Å². The van der Waals surface area contributed by atoms with Crippen molar-refractivity contribution in [2.24, 2.45) is 0 Å². The molecular weight excluding hydrogens is 436 g/mol. The lowest BCUT2D eigenvalue weighted by Crippen LogP contribution is -2.41. The first-order valence-electron chi connectivity index (χ1n) is 9.41. The van der Waals surface area contributed by atoms with E-state index in [9.17, 15) is 18.3 Å². The molecule has 1 atom stereocenters. The van der Waals surface area contributed by atoms with Crippen LogP contribution in [0.25, 0.3) is 10.4 Å². The van der Waals surface area contributed by atoms with Crippen molar-refractivity contribution >= 4 is 27.3 Å². The van der Waals surface area contributed by atoms with Crippen LogP contribution in [0.2, 0.25) is 0 Å². The number of benzene rings is 1. The van der Waals surface area contributed by atoms with E-state index in [1.807, 2.05) is 12.1 Å². The molecule has 0 saturated carbocycles. The van der Waals surface area contributed by atoms with E-state index < -0.39 is 16.1 Å². The van der Waals surface area contributed by atoms with Gasteiger partial charge in [-0.15, -0.1) is 11.3 Å². The number of thiophene rings is 1. The van der Waals surface area contributed by atoms with Crippen LogP contribution in [-0.4, -0.2) is 41.9 Å². The number of nitrogens with zero attached hydrogens (tertiary/aromatic N) is 3. The zero-order chi connectivity index (χ0) is 22.0. The van der Waals surface area contributed by atoms with Gasteiger partial charge in [0, 0.05) is 41.5 Å². The molecule has 10 heteroatoms. The number of carbonyl (C=O) groups is 1. The highest BCUT2D eigenvalue weighted by Gasteiger charge is 2.35. The third-order valence-electron chi connectivity index (χ3n) is 4.96. The number of hydrogen-bond donors (Lipinski definition) is 2. The zero-order valence-corrected chi connectivity index (χ0v) is 17.9. The molecule has 1 aliphatic rings. The Morgan fingerprint density at radius 1 is 1.29 bits per heavy atom. The molecule has 1 saturated heterocycles. The fourth-order valence-electron chi connectivity index (χ4n) is 3.37. The minimum atomic E-state index is -3.87. The largest absolute Gasteiger partial charge is 0.508 e. The molecule has 1 fully saturated rings. The first-order chi connectivity index (χ1) is 14.9. The SMILES string of the molecule is N#Cc1ccc(O)c(CN2CC[C@H](NS(=O)(=O)c3ccc(-c4cccnc4)s3)C2=O)c1. The summed E-state index contributed by atoms with van der Waals surface area (Å²) >= 11 is 1.11. The van der Waals surface area contributed by atoms with Crippen LogP contribution in [0.4, 0.5) is 0 Å². The number of aromatic hydroxyl groups is 1. The molecule has 0 unspecified atom stereocenters. The number of pyridine rings is 1. The van der Waals surface area contributed by atoms with E-state index in [1.165, 1.54) is 29.2 Å². The Hall–Kier alpha value is -3.26. The molecule has 1 aromatic carbocycles. The van der Waals surface area contributed by atoms with Gasteiger partial charge in [0.15, 0.2) is 0 Å². The quantitative estimate of drug-likeness (QED) is 0.590. The number of carbonyl (C=O) groups excluding carboxylic acids is 1. The average molecular weight is 455 g/mol. The van der Waals surface area contributed by atoms with E-state index in [4.69, 9.17) is 5.26 Å². The second-order valence-electron chi connectivity index (χ2n) is 7.04. The van der Waals surface area contributed by atoms with Gasteiger partial charge in [-0.1, -0.05) is 6.07 Å². The lowest BCUT2D eigenvalue weighted by atomic mass is 10.1. The zero-order valence-electron chi connectivity index (χ0n) is 16.2. The van der Waals surface area contributed by atoms with Gasteiger partial charge in [0.1, 0.15) is 16.0 Å². The number of sulfonamides is 1. The summed E-state index contributed by atoms with van der Waals surface area (Å²) < 4.78 is 28.3. The van der Waals surface area contributed by atoms with E-state index in [1.54, 1.807) is 24.5 Å². The predicted octanol–water partition coefficient (Wildman–Crippen LogP) is 2.47. The Labute approximate surface area is 183 Å². The van der Waals surface area contributed by atoms with E-state index in [0.717, 1.165) is 21.8 Å². The molecule has 8 nitrogen and oxygen atoms in total. The lowest BCUT2D eigenvalue weighted by Gasteiger charge is -2.18. The maximum atomic E-state index is 12.8. The lowest BCUT2D eigenvalue weighted by molar-refractivity contribution is -0.129. The molecule has 4 rings (SSSR count). The number of hydrogen-bond acceptors (Lipinski definition) is 7. The molecule has 3 aromatic rings. The van der Waals surface area contributed by atoms with Crippen molar-refractivity contribution in [3.8, 4) is 22.3 Å². The monoisotopic (exact) mass is 454 g/mol. The van der Waals surface area contributed by atoms with Crippen molar-refractivity contribution in [1.82, 2.24) is 14.6 Å². The highest BCUT2D eigenvalue weighted by Crippen LogP contribution is 2.31. The fraction of sp³-hybridized carbons (Fsp3) is 0.190. The summed E-state index contributed by atoms with van der Waals surface area (Å²) in [6.07, 6.45) is 3.62. The van der Waals surface area contributed by atoms with Crippen LogP contribution in [0.5, 0.6) is 5.75 Å².